The van der Waals surface area contributed by atoms with Gasteiger partial charge in [-0.3, -0.25) is 0 Å². The highest BCUT2D eigenvalue weighted by atomic mass is 35.5. The van der Waals surface area contributed by atoms with Crippen molar-refractivity contribution < 1.29 is 18.7 Å². The van der Waals surface area contributed by atoms with E-state index in [4.69, 9.17) is 16.3 Å². The fourth-order valence-electron chi connectivity index (χ4n) is 2.06. The molecule has 1 aliphatic heterocycles. The lowest BCUT2D eigenvalue weighted by molar-refractivity contribution is -0.143. The molecule has 1 aromatic carbocycles. The van der Waals surface area contributed by atoms with Crippen molar-refractivity contribution in [3.63, 3.8) is 0 Å². The van der Waals surface area contributed by atoms with E-state index in [1.165, 1.54) is 13.2 Å². The summed E-state index contributed by atoms with van der Waals surface area (Å²) in [6.07, 6.45) is 0.381. The Balaban J connectivity index is 2.44. The Kier molecular flexibility index (Phi) is 2.87. The number of hydrogen-bond donors (Lipinski definition) is 0. The highest BCUT2D eigenvalue weighted by Crippen LogP contribution is 2.61. The third-order valence-corrected chi connectivity index (χ3v) is 3.58. The number of benzene rings is 1. The van der Waals surface area contributed by atoms with Gasteiger partial charge in [0.2, 0.25) is 0 Å². The molecule has 3 nitrogen and oxygen atoms in total. The number of methoxy groups -OCH3 is 1. The summed E-state index contributed by atoms with van der Waals surface area (Å²) in [6, 6.07) is 6.11. The molecule has 0 N–H and O–H groups in total. The van der Waals surface area contributed by atoms with Gasteiger partial charge in [-0.1, -0.05) is 36.7 Å². The molecular formula is C12H12ClFO3. The Bertz CT molecular complexity index is 465. The highest BCUT2D eigenvalue weighted by Gasteiger charge is 2.76. The van der Waals surface area contributed by atoms with E-state index >= 15 is 0 Å². The van der Waals surface area contributed by atoms with E-state index in [1.807, 2.05) is 0 Å². The molecule has 2 rings (SSSR count). The quantitative estimate of drug-likeness (QED) is 0.475. The van der Waals surface area contributed by atoms with Crippen molar-refractivity contribution in [3.05, 3.63) is 35.6 Å². The van der Waals surface area contributed by atoms with Crippen LogP contribution in [0.2, 0.25) is 0 Å². The highest BCUT2D eigenvalue weighted by molar-refractivity contribution is 6.35. The summed E-state index contributed by atoms with van der Waals surface area (Å²) in [6.45, 7) is 1.78. The molecule has 0 aromatic heterocycles. The zero-order valence-corrected chi connectivity index (χ0v) is 10.3. The van der Waals surface area contributed by atoms with Crippen LogP contribution in [0, 0.1) is 5.82 Å². The van der Waals surface area contributed by atoms with E-state index in [0.717, 1.165) is 0 Å². The van der Waals surface area contributed by atoms with Crippen LogP contribution in [-0.2, 0) is 19.9 Å². The van der Waals surface area contributed by atoms with Gasteiger partial charge >= 0.3 is 5.97 Å². The maximum atomic E-state index is 13.7. The first-order chi connectivity index (χ1) is 8.02. The van der Waals surface area contributed by atoms with E-state index in [2.05, 4.69) is 4.74 Å². The molecule has 0 amide bonds. The summed E-state index contributed by atoms with van der Waals surface area (Å²) >= 11 is 6.06. The van der Waals surface area contributed by atoms with E-state index in [1.54, 1.807) is 25.1 Å². The molecule has 17 heavy (non-hydrogen) atoms. The summed E-state index contributed by atoms with van der Waals surface area (Å²) in [7, 11) is 1.22. The lowest BCUT2D eigenvalue weighted by Gasteiger charge is -2.13. The molecule has 0 spiro atoms. The normalized spacial score (nSPS) is 31.1. The number of hydrogen-bond acceptors (Lipinski definition) is 3. The molecule has 0 radical (unpaired) electrons. The van der Waals surface area contributed by atoms with Crippen LogP contribution in [0.25, 0.3) is 0 Å². The monoisotopic (exact) mass is 258 g/mol. The summed E-state index contributed by atoms with van der Waals surface area (Å²) in [4.78, 5) is 11.6. The van der Waals surface area contributed by atoms with Crippen LogP contribution in [-0.4, -0.2) is 18.1 Å². The van der Waals surface area contributed by atoms with Gasteiger partial charge in [-0.05, 0) is 12.5 Å². The Morgan fingerprint density at radius 2 is 2.18 bits per heavy atom. The number of rotatable bonds is 3. The van der Waals surface area contributed by atoms with Gasteiger partial charge < -0.3 is 9.47 Å². The van der Waals surface area contributed by atoms with Crippen molar-refractivity contribution in [1.29, 1.82) is 0 Å². The Labute approximate surface area is 103 Å². The van der Waals surface area contributed by atoms with Crippen molar-refractivity contribution in [2.24, 2.45) is 0 Å². The first kappa shape index (κ1) is 12.3. The number of esters is 1. The predicted molar refractivity (Wildman–Crippen MR) is 60.1 cm³/mol. The van der Waals surface area contributed by atoms with Crippen LogP contribution in [0.1, 0.15) is 18.9 Å². The van der Waals surface area contributed by atoms with Gasteiger partial charge in [0.1, 0.15) is 5.82 Å². The van der Waals surface area contributed by atoms with Gasteiger partial charge in [0.05, 0.1) is 7.11 Å². The van der Waals surface area contributed by atoms with Crippen LogP contribution < -0.4 is 0 Å². The fraction of sp³-hybridized carbons (Fsp3) is 0.417. The number of alkyl halides is 1. The van der Waals surface area contributed by atoms with Gasteiger partial charge in [-0.15, -0.1) is 0 Å². The maximum absolute atomic E-state index is 13.7. The van der Waals surface area contributed by atoms with Crippen molar-refractivity contribution in [2.75, 3.05) is 7.11 Å². The fourth-order valence-corrected chi connectivity index (χ4v) is 2.50. The van der Waals surface area contributed by atoms with Gasteiger partial charge in [0, 0.05) is 5.56 Å². The zero-order valence-electron chi connectivity index (χ0n) is 9.50. The minimum atomic E-state index is -1.61. The number of halogens is 2. The second kappa shape index (κ2) is 3.96. The van der Waals surface area contributed by atoms with Crippen LogP contribution in [0.3, 0.4) is 0 Å². The molecule has 1 fully saturated rings. The Morgan fingerprint density at radius 3 is 2.71 bits per heavy atom. The van der Waals surface area contributed by atoms with Crippen molar-refractivity contribution in [3.8, 4) is 0 Å². The minimum absolute atomic E-state index is 0.280. The van der Waals surface area contributed by atoms with Crippen molar-refractivity contribution >= 4 is 17.6 Å². The molecule has 5 heteroatoms. The largest absolute Gasteiger partial charge is 0.466 e. The molecule has 1 aromatic rings. The van der Waals surface area contributed by atoms with Crippen LogP contribution in [0.15, 0.2) is 24.3 Å². The summed E-state index contributed by atoms with van der Waals surface area (Å²) in [5.74, 6) is -1.15. The molecule has 1 aliphatic rings. The standard InChI is InChI=1S/C12H12ClFO3/c1-3-11(8-6-4-5-7-9(8)14)12(13,17-11)10(15)16-2/h4-7H,3H2,1-2H3. The molecule has 0 saturated carbocycles. The molecule has 1 saturated heterocycles. The molecule has 2 atom stereocenters. The zero-order chi connectivity index (χ0) is 12.7. The van der Waals surface area contributed by atoms with Crippen molar-refractivity contribution in [2.45, 2.75) is 24.0 Å². The minimum Gasteiger partial charge on any atom is -0.466 e. The topological polar surface area (TPSA) is 38.8 Å². The van der Waals surface area contributed by atoms with Gasteiger partial charge in [-0.2, -0.15) is 0 Å². The third kappa shape index (κ3) is 1.55. The van der Waals surface area contributed by atoms with E-state index in [0.29, 0.717) is 6.42 Å². The number of ether oxygens (including phenoxy) is 2. The van der Waals surface area contributed by atoms with Gasteiger partial charge in [-0.25, -0.2) is 9.18 Å². The van der Waals surface area contributed by atoms with Crippen LogP contribution in [0.5, 0.6) is 0 Å². The average Bonchev–Trinajstić information content (AvgIpc) is 2.97. The van der Waals surface area contributed by atoms with Crippen molar-refractivity contribution in [1.82, 2.24) is 0 Å². The first-order valence-corrected chi connectivity index (χ1v) is 5.62. The van der Waals surface area contributed by atoms with Gasteiger partial charge in [0.15, 0.2) is 5.60 Å². The summed E-state index contributed by atoms with van der Waals surface area (Å²) in [5.41, 5.74) is -0.851. The number of epoxide rings is 1. The smallest absolute Gasteiger partial charge is 0.357 e. The molecule has 0 bridgehead atoms. The second-order valence-corrected chi connectivity index (χ2v) is 4.38. The number of carbonyl (C=O) groups excluding carboxylic acids is 1. The first-order valence-electron chi connectivity index (χ1n) is 5.24. The SMILES string of the molecule is CCC1(c2ccccc2F)OC1(Cl)C(=O)OC. The van der Waals surface area contributed by atoms with Crippen LogP contribution in [0.4, 0.5) is 4.39 Å². The molecular weight excluding hydrogens is 247 g/mol. The Hall–Kier alpha value is -1.13. The number of carbonyl (C=O) groups is 1. The van der Waals surface area contributed by atoms with Gasteiger partial charge in [0.25, 0.3) is 5.06 Å². The Morgan fingerprint density at radius 1 is 1.53 bits per heavy atom. The lowest BCUT2D eigenvalue weighted by Crippen LogP contribution is -2.29. The summed E-state index contributed by atoms with van der Waals surface area (Å²) in [5, 5.41) is -1.61. The lowest BCUT2D eigenvalue weighted by atomic mass is 9.92. The molecule has 0 aliphatic carbocycles. The molecule has 2 unspecified atom stereocenters. The van der Waals surface area contributed by atoms with E-state index < -0.39 is 22.4 Å². The van der Waals surface area contributed by atoms with E-state index in [-0.39, 0.29) is 5.56 Å². The molecule has 1 heterocycles. The van der Waals surface area contributed by atoms with Crippen LogP contribution >= 0.6 is 11.6 Å². The summed E-state index contributed by atoms with van der Waals surface area (Å²) < 4.78 is 23.6. The van der Waals surface area contributed by atoms with E-state index in [9.17, 15) is 9.18 Å². The third-order valence-electron chi connectivity index (χ3n) is 3.05. The molecule has 92 valence electrons. The average molecular weight is 259 g/mol. The maximum Gasteiger partial charge on any atom is 0.357 e. The predicted octanol–water partition coefficient (Wildman–Crippen LogP) is 2.57. The second-order valence-electron chi connectivity index (χ2n) is 3.85.